The number of rotatable bonds is 5. The number of benzene rings is 2. The second-order valence-corrected chi connectivity index (χ2v) is 10.2. The van der Waals surface area contributed by atoms with Crippen molar-refractivity contribution in [1.82, 2.24) is 0 Å². The van der Waals surface area contributed by atoms with E-state index in [0.717, 1.165) is 0 Å². The highest BCUT2D eigenvalue weighted by molar-refractivity contribution is 7.90. The number of nitrogens with two attached hydrogens (primary N) is 1. The number of Topliss-reactive ketones (excluding diaryl/α,β-unsaturated/α-hetero) is 1. The predicted octanol–water partition coefficient (Wildman–Crippen LogP) is -0.0705. The van der Waals surface area contributed by atoms with Gasteiger partial charge < -0.3 is 14.7 Å². The van der Waals surface area contributed by atoms with Gasteiger partial charge in [0.2, 0.25) is 17.4 Å². The molecule has 29 heavy (non-hydrogen) atoms. The Morgan fingerprint density at radius 2 is 1.62 bits per heavy atom. The van der Waals surface area contributed by atoms with Crippen LogP contribution in [0.25, 0.3) is 0 Å². The van der Waals surface area contributed by atoms with E-state index in [9.17, 15) is 13.2 Å². The first-order valence-electron chi connectivity index (χ1n) is 8.58. The Bertz CT molecular complexity index is 1100. The maximum atomic E-state index is 13.1. The molecule has 3 rings (SSSR count). The van der Waals surface area contributed by atoms with Gasteiger partial charge in [0.15, 0.2) is 13.3 Å². The largest absolute Gasteiger partial charge is 0.467 e. The lowest BCUT2D eigenvalue weighted by Crippen LogP contribution is -2.40. The molecule has 2 aromatic carbocycles. The molecule has 1 atom stereocenters. The molecule has 0 fully saturated rings. The molecule has 1 aliphatic rings. The summed E-state index contributed by atoms with van der Waals surface area (Å²) in [5, 5.41) is 0.576. The molecule has 1 aliphatic heterocycles. The maximum absolute atomic E-state index is 13.1. The Morgan fingerprint density at radius 3 is 2.17 bits per heavy atom. The molecule has 0 saturated heterocycles. The van der Waals surface area contributed by atoms with Crippen molar-refractivity contribution in [2.75, 3.05) is 0 Å². The maximum Gasteiger partial charge on any atom is 0.304 e. The van der Waals surface area contributed by atoms with Crippen LogP contribution in [0.15, 0.2) is 60.2 Å². The zero-order chi connectivity index (χ0) is 21.6. The van der Waals surface area contributed by atoms with Crippen LogP contribution < -0.4 is 5.73 Å². The van der Waals surface area contributed by atoms with Gasteiger partial charge in [0, 0.05) is 10.0 Å². The van der Waals surface area contributed by atoms with Crippen LogP contribution in [-0.4, -0.2) is 37.7 Å². The molecule has 0 spiro atoms. The van der Waals surface area contributed by atoms with E-state index in [2.05, 4.69) is 0 Å². The highest BCUT2D eigenvalue weighted by atomic mass is 35.5. The smallest absolute Gasteiger partial charge is 0.304 e. The lowest BCUT2D eigenvalue weighted by atomic mass is 9.65. The minimum atomic E-state index is -4.30. The number of hydrogen-bond donors (Lipinski definition) is 1. The SMILES string of the molecule is BC(B)(c1ccccc1)S(=O)(=O)OC1=C(N)O[C@@](B)(c2cc(Cl)cc(Cl)c2)C1=O. The molecule has 0 amide bonds. The van der Waals surface area contributed by atoms with Crippen molar-refractivity contribution < 1.29 is 22.1 Å². The van der Waals surface area contributed by atoms with Crippen molar-refractivity contribution in [2.24, 2.45) is 5.73 Å². The van der Waals surface area contributed by atoms with Gasteiger partial charge in [0.05, 0.1) is 4.55 Å². The molecule has 0 unspecified atom stereocenters. The molecule has 148 valence electrons. The van der Waals surface area contributed by atoms with Gasteiger partial charge >= 0.3 is 10.1 Å². The second kappa shape index (κ2) is 7.34. The zero-order valence-corrected chi connectivity index (χ0v) is 18.2. The quantitative estimate of drug-likeness (QED) is 0.507. The molecular formula is C17H16B3Cl2NO5S. The Labute approximate surface area is 181 Å². The molecule has 0 bridgehead atoms. The van der Waals surface area contributed by atoms with Crippen LogP contribution in [0, 0.1) is 0 Å². The van der Waals surface area contributed by atoms with E-state index in [0.29, 0.717) is 11.1 Å². The third kappa shape index (κ3) is 3.76. The lowest BCUT2D eigenvalue weighted by Gasteiger charge is -2.26. The first-order chi connectivity index (χ1) is 13.4. The van der Waals surface area contributed by atoms with Gasteiger partial charge in [-0.3, -0.25) is 4.79 Å². The number of halogens is 2. The predicted molar refractivity (Wildman–Crippen MR) is 119 cm³/mol. The van der Waals surface area contributed by atoms with Gasteiger partial charge in [0.25, 0.3) is 0 Å². The van der Waals surface area contributed by atoms with Crippen molar-refractivity contribution >= 4 is 62.6 Å². The molecule has 1 heterocycles. The van der Waals surface area contributed by atoms with Gasteiger partial charge in [-0.1, -0.05) is 53.5 Å². The minimum absolute atomic E-state index is 0.288. The van der Waals surface area contributed by atoms with Gasteiger partial charge in [-0.25, -0.2) is 0 Å². The van der Waals surface area contributed by atoms with Crippen molar-refractivity contribution in [3.8, 4) is 0 Å². The van der Waals surface area contributed by atoms with Crippen LogP contribution in [0.1, 0.15) is 11.1 Å². The van der Waals surface area contributed by atoms with E-state index in [1.165, 1.54) is 41.7 Å². The van der Waals surface area contributed by atoms with Crippen LogP contribution >= 0.6 is 23.2 Å². The summed E-state index contributed by atoms with van der Waals surface area (Å²) >= 11 is 12.0. The van der Waals surface area contributed by atoms with E-state index in [4.69, 9.17) is 37.9 Å². The van der Waals surface area contributed by atoms with Crippen LogP contribution in [0.3, 0.4) is 0 Å². The summed E-state index contributed by atoms with van der Waals surface area (Å²) in [6.45, 7) is 0. The fourth-order valence-corrected chi connectivity index (χ4v) is 4.47. The molecule has 0 aromatic heterocycles. The van der Waals surface area contributed by atoms with Crippen LogP contribution in [0.5, 0.6) is 0 Å². The van der Waals surface area contributed by atoms with Gasteiger partial charge in [0.1, 0.15) is 15.7 Å². The Balaban J connectivity index is 1.96. The standard InChI is InChI=1S/C17H16B3Cl2NO5S/c18-16(10-6-11(21)8-12(22)7-10)14(24)13(15(23)27-16)28-29(25,26)17(19,20)9-4-2-1-3-5-9/h1-8H,18-20,23H2/t16-/m0/s1. The van der Waals surface area contributed by atoms with Gasteiger partial charge in [-0.15, -0.1) is 0 Å². The molecule has 6 nitrogen and oxygen atoms in total. The summed E-state index contributed by atoms with van der Waals surface area (Å²) in [6, 6.07) is 13.0. The number of ketones is 1. The van der Waals surface area contributed by atoms with Crippen molar-refractivity contribution in [2.45, 2.75) is 10.0 Å². The Morgan fingerprint density at radius 1 is 1.07 bits per heavy atom. The number of hydrogen-bond acceptors (Lipinski definition) is 6. The third-order valence-electron chi connectivity index (χ3n) is 4.88. The van der Waals surface area contributed by atoms with Crippen LogP contribution in [0.4, 0.5) is 0 Å². The highest BCUT2D eigenvalue weighted by Gasteiger charge is 2.51. The van der Waals surface area contributed by atoms with Crippen molar-refractivity contribution in [3.05, 3.63) is 81.3 Å². The average Bonchev–Trinajstić information content (AvgIpc) is 2.85. The summed E-state index contributed by atoms with van der Waals surface area (Å²) in [6.07, 6.45) is 0. The normalized spacial score (nSPS) is 19.9. The van der Waals surface area contributed by atoms with Gasteiger partial charge in [-0.2, -0.15) is 8.42 Å². The molecule has 0 aliphatic carbocycles. The third-order valence-corrected chi connectivity index (χ3v) is 7.19. The van der Waals surface area contributed by atoms with E-state index in [1.807, 2.05) is 0 Å². The van der Waals surface area contributed by atoms with Crippen LogP contribution in [-0.2, 0) is 33.9 Å². The van der Waals surface area contributed by atoms with E-state index < -0.39 is 37.6 Å². The number of carbonyl (C=O) groups excluding carboxylic acids is 1. The minimum Gasteiger partial charge on any atom is -0.467 e. The zero-order valence-electron chi connectivity index (χ0n) is 15.9. The number of ether oxygens (including phenoxy) is 1. The molecular weight excluding hydrogens is 434 g/mol. The topological polar surface area (TPSA) is 95.7 Å². The highest BCUT2D eigenvalue weighted by Crippen LogP contribution is 2.39. The summed E-state index contributed by atoms with van der Waals surface area (Å²) in [5.74, 6) is -1.76. The number of carbonyl (C=O) groups is 1. The van der Waals surface area contributed by atoms with E-state index in [-0.39, 0.29) is 10.0 Å². The fourth-order valence-electron chi connectivity index (χ4n) is 2.94. The first-order valence-corrected chi connectivity index (χ1v) is 10.7. The molecule has 0 radical (unpaired) electrons. The second-order valence-electron chi connectivity index (χ2n) is 7.23. The summed E-state index contributed by atoms with van der Waals surface area (Å²) in [4.78, 5) is 13.1. The Kier molecular flexibility index (Phi) is 5.49. The van der Waals surface area contributed by atoms with Crippen molar-refractivity contribution in [3.63, 3.8) is 0 Å². The monoisotopic (exact) mass is 449 g/mol. The molecule has 12 heteroatoms. The van der Waals surface area contributed by atoms with Crippen LogP contribution in [0.2, 0.25) is 10.0 Å². The first kappa shape index (κ1) is 21.7. The van der Waals surface area contributed by atoms with E-state index in [1.54, 1.807) is 30.3 Å². The lowest BCUT2D eigenvalue weighted by molar-refractivity contribution is -0.126. The summed E-state index contributed by atoms with van der Waals surface area (Å²) in [7, 11) is 0.0920. The fraction of sp³-hybridized carbons (Fsp3) is 0.118. The van der Waals surface area contributed by atoms with Gasteiger partial charge in [-0.05, 0) is 29.3 Å². The summed E-state index contributed by atoms with van der Waals surface area (Å²) in [5.41, 5.74) is 5.02. The molecule has 0 saturated carbocycles. The molecule has 2 aromatic rings. The molecule has 2 N–H and O–H groups in total. The average molecular weight is 450 g/mol. The summed E-state index contributed by atoms with van der Waals surface area (Å²) < 4.78 is 35.3. The Hall–Kier alpha value is -2.03. The van der Waals surface area contributed by atoms with E-state index >= 15 is 0 Å². The van der Waals surface area contributed by atoms with Crippen molar-refractivity contribution in [1.29, 1.82) is 0 Å².